The largest absolute Gasteiger partial charge is 0.458 e. The molecule has 2 nitrogen and oxygen atoms in total. The molecule has 0 amide bonds. The van der Waals surface area contributed by atoms with E-state index >= 15 is 0 Å². The molecule has 0 spiro atoms. The second-order valence-electron chi connectivity index (χ2n) is 7.08. The predicted octanol–water partition coefficient (Wildman–Crippen LogP) is 4.69. The average Bonchev–Trinajstić information content (AvgIpc) is 2.50. The molecule has 1 aromatic rings. The molecule has 21 heavy (non-hydrogen) atoms. The van der Waals surface area contributed by atoms with Gasteiger partial charge in [0.05, 0.1) is 5.56 Å². The molecule has 0 heterocycles. The normalized spacial score (nSPS) is 35.2. The van der Waals surface area contributed by atoms with E-state index in [1.54, 1.807) is 0 Å². The lowest BCUT2D eigenvalue weighted by molar-refractivity contribution is -0.0590. The molecule has 114 valence electrons. The number of ether oxygens (including phenoxy) is 1. The lowest BCUT2D eigenvalue weighted by Gasteiger charge is -2.46. The Bertz CT molecular complexity index is 480. The van der Waals surface area contributed by atoms with Crippen LogP contribution in [0.2, 0.25) is 0 Å². The van der Waals surface area contributed by atoms with Crippen molar-refractivity contribution in [1.82, 2.24) is 0 Å². The van der Waals surface area contributed by atoms with Gasteiger partial charge in [0.15, 0.2) is 0 Å². The molecule has 5 atom stereocenters. The smallest absolute Gasteiger partial charge is 0.338 e. The monoisotopic (exact) mass is 286 g/mol. The topological polar surface area (TPSA) is 26.3 Å². The van der Waals surface area contributed by atoms with Crippen molar-refractivity contribution in [1.29, 1.82) is 0 Å². The van der Waals surface area contributed by atoms with E-state index in [0.29, 0.717) is 17.4 Å². The summed E-state index contributed by atoms with van der Waals surface area (Å²) in [5.41, 5.74) is 0.679. The Morgan fingerprint density at radius 3 is 2.62 bits per heavy atom. The highest BCUT2D eigenvalue weighted by Gasteiger charge is 2.43. The quantitative estimate of drug-likeness (QED) is 0.753. The molecule has 2 heteroatoms. The van der Waals surface area contributed by atoms with Crippen molar-refractivity contribution >= 4 is 5.97 Å². The number of rotatable bonds is 3. The Balaban J connectivity index is 1.74. The van der Waals surface area contributed by atoms with Gasteiger partial charge >= 0.3 is 5.97 Å². The van der Waals surface area contributed by atoms with Gasteiger partial charge in [0.2, 0.25) is 0 Å². The maximum atomic E-state index is 12.4. The Kier molecular flexibility index (Phi) is 4.32. The lowest BCUT2D eigenvalue weighted by atomic mass is 9.63. The van der Waals surface area contributed by atoms with Gasteiger partial charge in [-0.25, -0.2) is 4.79 Å². The van der Waals surface area contributed by atoms with Crippen molar-refractivity contribution in [3.63, 3.8) is 0 Å². The van der Waals surface area contributed by atoms with Crippen LogP contribution >= 0.6 is 0 Å². The number of fused-ring (bicyclic) bond motifs is 2. The highest BCUT2D eigenvalue weighted by molar-refractivity contribution is 5.89. The second-order valence-corrected chi connectivity index (χ2v) is 7.08. The third-order valence-electron chi connectivity index (χ3n) is 5.42. The van der Waals surface area contributed by atoms with Gasteiger partial charge in [-0.05, 0) is 67.9 Å². The first-order chi connectivity index (χ1) is 10.2. The molecule has 0 saturated heterocycles. The fourth-order valence-corrected chi connectivity index (χ4v) is 4.57. The predicted molar refractivity (Wildman–Crippen MR) is 84.0 cm³/mol. The molecule has 1 aromatic carbocycles. The summed E-state index contributed by atoms with van der Waals surface area (Å²) in [7, 11) is 0. The molecule has 0 radical (unpaired) electrons. The third kappa shape index (κ3) is 3.14. The molecule has 2 fully saturated rings. The van der Waals surface area contributed by atoms with E-state index in [0.717, 1.165) is 18.3 Å². The van der Waals surface area contributed by atoms with Gasteiger partial charge in [0.1, 0.15) is 6.10 Å². The minimum absolute atomic E-state index is 0.127. The number of esters is 1. The molecular weight excluding hydrogens is 260 g/mol. The minimum atomic E-state index is -0.143. The van der Waals surface area contributed by atoms with Crippen LogP contribution in [0.4, 0.5) is 0 Å². The molecule has 0 N–H and O–H groups in total. The van der Waals surface area contributed by atoms with Crippen LogP contribution in [0.15, 0.2) is 30.3 Å². The van der Waals surface area contributed by atoms with Gasteiger partial charge < -0.3 is 4.74 Å². The first-order valence-corrected chi connectivity index (χ1v) is 8.43. The van der Waals surface area contributed by atoms with E-state index in [2.05, 4.69) is 13.8 Å². The average molecular weight is 286 g/mol. The van der Waals surface area contributed by atoms with Crippen LogP contribution in [-0.2, 0) is 4.74 Å². The fraction of sp³-hybridized carbons (Fsp3) is 0.632. The van der Waals surface area contributed by atoms with Gasteiger partial charge in [0, 0.05) is 0 Å². The molecular formula is C19H26O2. The Hall–Kier alpha value is -1.31. The molecule has 5 unspecified atom stereocenters. The summed E-state index contributed by atoms with van der Waals surface area (Å²) in [6.45, 7) is 4.58. The summed E-state index contributed by atoms with van der Waals surface area (Å²) in [5.74, 6) is 2.62. The summed E-state index contributed by atoms with van der Waals surface area (Å²) < 4.78 is 5.98. The van der Waals surface area contributed by atoms with Crippen LogP contribution in [-0.4, -0.2) is 12.1 Å². The molecule has 0 aromatic heterocycles. The van der Waals surface area contributed by atoms with Gasteiger partial charge in [-0.2, -0.15) is 0 Å². The van der Waals surface area contributed by atoms with Crippen LogP contribution < -0.4 is 0 Å². The van der Waals surface area contributed by atoms with E-state index in [1.165, 1.54) is 25.7 Å². The third-order valence-corrected chi connectivity index (χ3v) is 5.42. The molecule has 0 aliphatic heterocycles. The maximum absolute atomic E-state index is 12.4. The molecule has 3 rings (SSSR count). The number of hydrogen-bond acceptors (Lipinski definition) is 2. The number of carbonyl (C=O) groups excluding carboxylic acids is 1. The minimum Gasteiger partial charge on any atom is -0.458 e. The highest BCUT2D eigenvalue weighted by atomic mass is 16.5. The van der Waals surface area contributed by atoms with E-state index in [4.69, 9.17) is 4.74 Å². The molecule has 2 saturated carbocycles. The first kappa shape index (κ1) is 14.6. The van der Waals surface area contributed by atoms with Crippen molar-refractivity contribution in [2.24, 2.45) is 23.7 Å². The summed E-state index contributed by atoms with van der Waals surface area (Å²) in [5, 5.41) is 0. The number of benzene rings is 1. The maximum Gasteiger partial charge on any atom is 0.338 e. The van der Waals surface area contributed by atoms with Gasteiger partial charge in [-0.15, -0.1) is 0 Å². The summed E-state index contributed by atoms with van der Waals surface area (Å²) in [4.78, 5) is 12.4. The fourth-order valence-electron chi connectivity index (χ4n) is 4.57. The zero-order valence-electron chi connectivity index (χ0n) is 13.1. The molecule has 2 bridgehead atoms. The first-order valence-electron chi connectivity index (χ1n) is 8.43. The van der Waals surface area contributed by atoms with Crippen molar-refractivity contribution in [2.45, 2.75) is 52.1 Å². The number of hydrogen-bond donors (Lipinski definition) is 0. The van der Waals surface area contributed by atoms with Crippen molar-refractivity contribution in [3.05, 3.63) is 35.9 Å². The van der Waals surface area contributed by atoms with Gasteiger partial charge in [-0.3, -0.25) is 0 Å². The SMILES string of the molecule is CCC1CC2CC(C)CC(C2)C1OC(=O)c1ccccc1. The standard InChI is InChI=1S/C19H26O2/c1-3-15-11-14-9-13(2)10-17(12-14)18(15)21-19(20)16-7-5-4-6-8-16/h4-8,13-15,17-18H,3,9-12H2,1-2H3. The molecule has 2 aliphatic rings. The van der Waals surface area contributed by atoms with E-state index in [1.807, 2.05) is 30.3 Å². The van der Waals surface area contributed by atoms with E-state index in [-0.39, 0.29) is 12.1 Å². The zero-order chi connectivity index (χ0) is 14.8. The van der Waals surface area contributed by atoms with E-state index < -0.39 is 0 Å². The van der Waals surface area contributed by atoms with Gasteiger partial charge in [0.25, 0.3) is 0 Å². The van der Waals surface area contributed by atoms with Crippen LogP contribution in [0, 0.1) is 23.7 Å². The van der Waals surface area contributed by atoms with Crippen molar-refractivity contribution in [3.8, 4) is 0 Å². The lowest BCUT2D eigenvalue weighted by Crippen LogP contribution is -2.44. The highest BCUT2D eigenvalue weighted by Crippen LogP contribution is 2.47. The van der Waals surface area contributed by atoms with Crippen LogP contribution in [0.3, 0.4) is 0 Å². The summed E-state index contributed by atoms with van der Waals surface area (Å²) in [6, 6.07) is 9.41. The number of carbonyl (C=O) groups is 1. The van der Waals surface area contributed by atoms with E-state index in [9.17, 15) is 4.79 Å². The Morgan fingerprint density at radius 2 is 1.90 bits per heavy atom. The van der Waals surface area contributed by atoms with Crippen molar-refractivity contribution < 1.29 is 9.53 Å². The summed E-state index contributed by atoms with van der Waals surface area (Å²) >= 11 is 0. The Labute approximate surface area is 127 Å². The summed E-state index contributed by atoms with van der Waals surface area (Å²) in [6.07, 6.45) is 6.33. The van der Waals surface area contributed by atoms with Crippen LogP contribution in [0.1, 0.15) is 56.3 Å². The van der Waals surface area contributed by atoms with Crippen LogP contribution in [0.25, 0.3) is 0 Å². The second kappa shape index (κ2) is 6.21. The van der Waals surface area contributed by atoms with Gasteiger partial charge in [-0.1, -0.05) is 32.0 Å². The van der Waals surface area contributed by atoms with Crippen molar-refractivity contribution in [2.75, 3.05) is 0 Å². The Morgan fingerprint density at radius 1 is 1.14 bits per heavy atom. The molecule has 2 aliphatic carbocycles. The zero-order valence-corrected chi connectivity index (χ0v) is 13.1. The van der Waals surface area contributed by atoms with Crippen LogP contribution in [0.5, 0.6) is 0 Å².